The van der Waals surface area contributed by atoms with Crippen LogP contribution in [0, 0.1) is 5.92 Å². The van der Waals surface area contributed by atoms with Crippen molar-refractivity contribution in [3.63, 3.8) is 0 Å². The Morgan fingerprint density at radius 2 is 1.79 bits per heavy atom. The molecule has 0 heterocycles. The first-order valence-electron chi connectivity index (χ1n) is 5.08. The first kappa shape index (κ1) is 10.3. The van der Waals surface area contributed by atoms with Crippen LogP contribution in [0.15, 0.2) is 24.3 Å². The third kappa shape index (κ3) is 1.92. The maximum absolute atomic E-state index is 6.21. The standard InChI is InChI=1S/C12H14Cl2/c1-8-11(6-7-12(8)14)9-2-4-10(13)5-3-9/h2-5,8,11-12H,6-7H2,1H3. The van der Waals surface area contributed by atoms with Crippen molar-refractivity contribution in [3.05, 3.63) is 34.9 Å². The Kier molecular flexibility index (Phi) is 3.04. The second-order valence-corrected chi connectivity index (χ2v) is 5.11. The van der Waals surface area contributed by atoms with Crippen molar-refractivity contribution in [3.8, 4) is 0 Å². The first-order valence-corrected chi connectivity index (χ1v) is 5.89. The summed E-state index contributed by atoms with van der Waals surface area (Å²) < 4.78 is 0. The van der Waals surface area contributed by atoms with E-state index in [1.165, 1.54) is 12.0 Å². The van der Waals surface area contributed by atoms with Crippen LogP contribution in [0.25, 0.3) is 0 Å². The smallest absolute Gasteiger partial charge is 0.0406 e. The van der Waals surface area contributed by atoms with Crippen molar-refractivity contribution in [2.45, 2.75) is 31.1 Å². The van der Waals surface area contributed by atoms with Crippen molar-refractivity contribution in [2.24, 2.45) is 5.92 Å². The van der Waals surface area contributed by atoms with Gasteiger partial charge in [0.25, 0.3) is 0 Å². The second kappa shape index (κ2) is 4.12. The van der Waals surface area contributed by atoms with E-state index in [9.17, 15) is 0 Å². The Bertz CT molecular complexity index is 305. The van der Waals surface area contributed by atoms with Crippen LogP contribution in [0.5, 0.6) is 0 Å². The highest BCUT2D eigenvalue weighted by molar-refractivity contribution is 6.30. The molecule has 2 rings (SSSR count). The van der Waals surface area contributed by atoms with E-state index in [2.05, 4.69) is 19.1 Å². The highest BCUT2D eigenvalue weighted by Crippen LogP contribution is 2.42. The molecule has 0 bridgehead atoms. The predicted molar refractivity (Wildman–Crippen MR) is 62.2 cm³/mol. The van der Waals surface area contributed by atoms with Gasteiger partial charge in [0.15, 0.2) is 0 Å². The normalized spacial score (nSPS) is 32.1. The number of halogens is 2. The average molecular weight is 229 g/mol. The van der Waals surface area contributed by atoms with Gasteiger partial charge in [-0.3, -0.25) is 0 Å². The van der Waals surface area contributed by atoms with Crippen LogP contribution in [0.3, 0.4) is 0 Å². The molecule has 0 spiro atoms. The fraction of sp³-hybridized carbons (Fsp3) is 0.500. The molecule has 0 aliphatic heterocycles. The van der Waals surface area contributed by atoms with Crippen molar-refractivity contribution in [2.75, 3.05) is 0 Å². The van der Waals surface area contributed by atoms with Crippen molar-refractivity contribution >= 4 is 23.2 Å². The molecular formula is C12H14Cl2. The third-order valence-corrected chi connectivity index (χ3v) is 4.12. The van der Waals surface area contributed by atoms with Gasteiger partial charge in [-0.1, -0.05) is 30.7 Å². The topological polar surface area (TPSA) is 0 Å². The molecule has 2 heteroatoms. The Labute approximate surface area is 95.2 Å². The lowest BCUT2D eigenvalue weighted by Gasteiger charge is -2.17. The fourth-order valence-corrected chi connectivity index (χ4v) is 2.72. The van der Waals surface area contributed by atoms with E-state index in [1.54, 1.807) is 0 Å². The van der Waals surface area contributed by atoms with Gasteiger partial charge in [-0.2, -0.15) is 0 Å². The fourth-order valence-electron chi connectivity index (χ4n) is 2.30. The van der Waals surface area contributed by atoms with Crippen LogP contribution in [0.4, 0.5) is 0 Å². The average Bonchev–Trinajstić information content (AvgIpc) is 2.50. The molecule has 0 radical (unpaired) electrons. The second-order valence-electron chi connectivity index (χ2n) is 4.11. The molecule has 1 aromatic rings. The Hall–Kier alpha value is -0.200. The van der Waals surface area contributed by atoms with E-state index >= 15 is 0 Å². The number of rotatable bonds is 1. The molecule has 1 aliphatic carbocycles. The molecule has 1 aliphatic rings. The maximum Gasteiger partial charge on any atom is 0.0406 e. The zero-order chi connectivity index (χ0) is 10.1. The molecule has 0 N–H and O–H groups in total. The van der Waals surface area contributed by atoms with Gasteiger partial charge in [0.2, 0.25) is 0 Å². The van der Waals surface area contributed by atoms with Gasteiger partial charge in [-0.25, -0.2) is 0 Å². The molecule has 1 saturated carbocycles. The van der Waals surface area contributed by atoms with Crippen molar-refractivity contribution in [1.82, 2.24) is 0 Å². The minimum absolute atomic E-state index is 0.343. The molecular weight excluding hydrogens is 215 g/mol. The monoisotopic (exact) mass is 228 g/mol. The van der Waals surface area contributed by atoms with Crippen LogP contribution in [-0.2, 0) is 0 Å². The Morgan fingerprint density at radius 1 is 1.14 bits per heavy atom. The molecule has 1 fully saturated rings. The van der Waals surface area contributed by atoms with Gasteiger partial charge in [-0.05, 0) is 42.4 Å². The summed E-state index contributed by atoms with van der Waals surface area (Å²) in [7, 11) is 0. The molecule has 3 unspecified atom stereocenters. The van der Waals surface area contributed by atoms with Gasteiger partial charge in [0, 0.05) is 10.4 Å². The molecule has 76 valence electrons. The first-order chi connectivity index (χ1) is 6.68. The molecule has 3 atom stereocenters. The number of hydrogen-bond donors (Lipinski definition) is 0. The van der Waals surface area contributed by atoms with E-state index in [0.717, 1.165) is 11.4 Å². The van der Waals surface area contributed by atoms with Crippen LogP contribution in [0.1, 0.15) is 31.2 Å². The van der Waals surface area contributed by atoms with Gasteiger partial charge < -0.3 is 0 Å². The van der Waals surface area contributed by atoms with Crippen LogP contribution >= 0.6 is 23.2 Å². The van der Waals surface area contributed by atoms with E-state index < -0.39 is 0 Å². The number of hydrogen-bond acceptors (Lipinski definition) is 0. The highest BCUT2D eigenvalue weighted by atomic mass is 35.5. The predicted octanol–water partition coefficient (Wildman–Crippen LogP) is 4.46. The zero-order valence-corrected chi connectivity index (χ0v) is 9.72. The maximum atomic E-state index is 6.21. The molecule has 0 saturated heterocycles. The Morgan fingerprint density at radius 3 is 2.29 bits per heavy atom. The quantitative estimate of drug-likeness (QED) is 0.623. The summed E-state index contributed by atoms with van der Waals surface area (Å²) in [4.78, 5) is 0. The molecule has 0 aromatic heterocycles. The summed E-state index contributed by atoms with van der Waals surface area (Å²) in [6, 6.07) is 8.17. The number of benzene rings is 1. The largest absolute Gasteiger partial charge is 0.123 e. The van der Waals surface area contributed by atoms with Crippen LogP contribution in [-0.4, -0.2) is 5.38 Å². The van der Waals surface area contributed by atoms with Gasteiger partial charge in [-0.15, -0.1) is 11.6 Å². The summed E-state index contributed by atoms with van der Waals surface area (Å²) in [5.74, 6) is 1.20. The van der Waals surface area contributed by atoms with Crippen molar-refractivity contribution < 1.29 is 0 Å². The van der Waals surface area contributed by atoms with Gasteiger partial charge in [0.05, 0.1) is 0 Å². The van der Waals surface area contributed by atoms with E-state index in [0.29, 0.717) is 17.2 Å². The SMILES string of the molecule is CC1C(Cl)CCC1c1ccc(Cl)cc1. The zero-order valence-electron chi connectivity index (χ0n) is 8.21. The van der Waals surface area contributed by atoms with Crippen molar-refractivity contribution in [1.29, 1.82) is 0 Å². The summed E-state index contributed by atoms with van der Waals surface area (Å²) in [6.07, 6.45) is 2.34. The lowest BCUT2D eigenvalue weighted by molar-refractivity contribution is 0.538. The third-order valence-electron chi connectivity index (χ3n) is 3.26. The minimum Gasteiger partial charge on any atom is -0.123 e. The van der Waals surface area contributed by atoms with E-state index in [4.69, 9.17) is 23.2 Å². The molecule has 0 amide bonds. The van der Waals surface area contributed by atoms with E-state index in [-0.39, 0.29) is 0 Å². The van der Waals surface area contributed by atoms with Crippen LogP contribution in [0.2, 0.25) is 5.02 Å². The summed E-state index contributed by atoms with van der Waals surface area (Å²) >= 11 is 12.1. The number of alkyl halides is 1. The van der Waals surface area contributed by atoms with Crippen LogP contribution < -0.4 is 0 Å². The minimum atomic E-state index is 0.343. The molecule has 0 nitrogen and oxygen atoms in total. The Balaban J connectivity index is 2.19. The van der Waals surface area contributed by atoms with E-state index in [1.807, 2.05) is 12.1 Å². The summed E-state index contributed by atoms with van der Waals surface area (Å²) in [6.45, 7) is 2.24. The highest BCUT2D eigenvalue weighted by Gasteiger charge is 2.32. The lowest BCUT2D eigenvalue weighted by atomic mass is 9.90. The summed E-state index contributed by atoms with van der Waals surface area (Å²) in [5, 5.41) is 1.15. The van der Waals surface area contributed by atoms with Gasteiger partial charge in [0.1, 0.15) is 0 Å². The molecule has 14 heavy (non-hydrogen) atoms. The lowest BCUT2D eigenvalue weighted by Crippen LogP contribution is -2.09. The van der Waals surface area contributed by atoms with Gasteiger partial charge >= 0.3 is 0 Å². The summed E-state index contributed by atoms with van der Waals surface area (Å²) in [5.41, 5.74) is 1.38. The molecule has 1 aromatic carbocycles.